The monoisotopic (exact) mass is 397 g/mol. The van der Waals surface area contributed by atoms with Crippen molar-refractivity contribution in [3.63, 3.8) is 0 Å². The van der Waals surface area contributed by atoms with Crippen molar-refractivity contribution in [1.82, 2.24) is 20.2 Å². The van der Waals surface area contributed by atoms with Gasteiger partial charge in [0.25, 0.3) is 5.91 Å². The molecule has 0 aliphatic carbocycles. The van der Waals surface area contributed by atoms with Crippen LogP contribution >= 0.6 is 15.9 Å². The van der Waals surface area contributed by atoms with Crippen molar-refractivity contribution in [2.24, 2.45) is 0 Å². The molecule has 0 unspecified atom stereocenters. The van der Waals surface area contributed by atoms with Crippen molar-refractivity contribution in [2.45, 2.75) is 19.4 Å². The van der Waals surface area contributed by atoms with Crippen molar-refractivity contribution in [3.05, 3.63) is 58.6 Å². The summed E-state index contributed by atoms with van der Waals surface area (Å²) < 4.78 is 1.03. The van der Waals surface area contributed by atoms with Gasteiger partial charge in [0.05, 0.1) is 0 Å². The largest absolute Gasteiger partial charge is 0.310 e. The summed E-state index contributed by atoms with van der Waals surface area (Å²) in [5, 5.41) is 12.4. The number of amides is 1. The molecule has 4 rings (SSSR count). The Morgan fingerprint density at radius 1 is 1.16 bits per heavy atom. The van der Waals surface area contributed by atoms with Gasteiger partial charge < -0.3 is 4.90 Å². The maximum Gasteiger partial charge on any atom is 0.250 e. The molecule has 2 aromatic carbocycles. The summed E-state index contributed by atoms with van der Waals surface area (Å²) in [6, 6.07) is 15.6. The predicted molar refractivity (Wildman–Crippen MR) is 98.1 cm³/mol. The minimum Gasteiger partial charge on any atom is -0.310 e. The molecule has 2 heterocycles. The van der Waals surface area contributed by atoms with Gasteiger partial charge in [-0.1, -0.05) is 46.3 Å². The topological polar surface area (TPSA) is 63.9 Å². The lowest BCUT2D eigenvalue weighted by atomic mass is 10.0. The van der Waals surface area contributed by atoms with Gasteiger partial charge in [-0.15, -0.1) is 10.2 Å². The van der Waals surface area contributed by atoms with E-state index in [9.17, 15) is 4.79 Å². The van der Waals surface area contributed by atoms with Gasteiger partial charge in [0, 0.05) is 22.3 Å². The molecule has 1 aliphatic heterocycles. The lowest BCUT2D eigenvalue weighted by Gasteiger charge is -2.29. The van der Waals surface area contributed by atoms with Crippen LogP contribution in [-0.4, -0.2) is 32.7 Å². The van der Waals surface area contributed by atoms with Crippen molar-refractivity contribution in [2.75, 3.05) is 11.4 Å². The first-order chi connectivity index (χ1) is 12.2. The van der Waals surface area contributed by atoms with Crippen LogP contribution in [-0.2, 0) is 17.8 Å². The normalized spacial score (nSPS) is 13.6. The standard InChI is InChI=1S/C18H16BrN5O/c19-15-8-9-16-14(11-15)7-4-10-23(16)17(25)12-24-21-18(20-22-24)13-5-2-1-3-6-13/h1-3,5-6,8-9,11H,4,7,10,12H2. The van der Waals surface area contributed by atoms with E-state index in [2.05, 4.69) is 37.4 Å². The third-order valence-electron chi connectivity index (χ3n) is 4.22. The van der Waals surface area contributed by atoms with Gasteiger partial charge in [-0.3, -0.25) is 4.79 Å². The van der Waals surface area contributed by atoms with Crippen LogP contribution in [0.15, 0.2) is 53.0 Å². The first-order valence-electron chi connectivity index (χ1n) is 8.13. The van der Waals surface area contributed by atoms with E-state index in [0.29, 0.717) is 12.4 Å². The number of hydrogen-bond donors (Lipinski definition) is 0. The zero-order chi connectivity index (χ0) is 17.2. The molecule has 7 heteroatoms. The number of rotatable bonds is 3. The first kappa shape index (κ1) is 16.0. The fraction of sp³-hybridized carbons (Fsp3) is 0.222. The zero-order valence-corrected chi connectivity index (χ0v) is 15.1. The van der Waals surface area contributed by atoms with E-state index in [1.807, 2.05) is 47.4 Å². The second kappa shape index (κ2) is 6.76. The van der Waals surface area contributed by atoms with Gasteiger partial charge in [0.2, 0.25) is 5.82 Å². The van der Waals surface area contributed by atoms with Crippen LogP contribution < -0.4 is 4.90 Å². The molecule has 0 N–H and O–H groups in total. The number of aryl methyl sites for hydroxylation is 1. The summed E-state index contributed by atoms with van der Waals surface area (Å²) in [6.07, 6.45) is 1.94. The molecule has 0 atom stereocenters. The Bertz CT molecular complexity index is 909. The number of nitrogens with zero attached hydrogens (tertiary/aromatic N) is 5. The summed E-state index contributed by atoms with van der Waals surface area (Å²) >= 11 is 3.49. The molecule has 0 saturated heterocycles. The van der Waals surface area contributed by atoms with Crippen LogP contribution in [0.3, 0.4) is 0 Å². The summed E-state index contributed by atoms with van der Waals surface area (Å²) in [5.41, 5.74) is 3.04. The van der Waals surface area contributed by atoms with Crippen molar-refractivity contribution in [3.8, 4) is 11.4 Å². The summed E-state index contributed by atoms with van der Waals surface area (Å²) in [6.45, 7) is 0.795. The highest BCUT2D eigenvalue weighted by molar-refractivity contribution is 9.10. The molecule has 0 saturated carbocycles. The Balaban J connectivity index is 1.53. The lowest BCUT2D eigenvalue weighted by molar-refractivity contribution is -0.119. The van der Waals surface area contributed by atoms with E-state index >= 15 is 0 Å². The Labute approximate surface area is 153 Å². The Hall–Kier alpha value is -2.54. The van der Waals surface area contributed by atoms with E-state index in [4.69, 9.17) is 0 Å². The molecule has 0 radical (unpaired) electrons. The molecule has 3 aromatic rings. The van der Waals surface area contributed by atoms with Crippen LogP contribution in [0.1, 0.15) is 12.0 Å². The molecule has 1 aromatic heterocycles. The second-order valence-electron chi connectivity index (χ2n) is 5.93. The number of halogens is 1. The Kier molecular flexibility index (Phi) is 4.31. The van der Waals surface area contributed by atoms with Crippen LogP contribution in [0.2, 0.25) is 0 Å². The van der Waals surface area contributed by atoms with Gasteiger partial charge in [-0.2, -0.15) is 4.80 Å². The van der Waals surface area contributed by atoms with E-state index < -0.39 is 0 Å². The molecular formula is C18H16BrN5O. The summed E-state index contributed by atoms with van der Waals surface area (Å²) in [7, 11) is 0. The van der Waals surface area contributed by atoms with E-state index in [-0.39, 0.29) is 12.5 Å². The second-order valence-corrected chi connectivity index (χ2v) is 6.85. The highest BCUT2D eigenvalue weighted by atomic mass is 79.9. The van der Waals surface area contributed by atoms with Crippen LogP contribution in [0.5, 0.6) is 0 Å². The van der Waals surface area contributed by atoms with Crippen LogP contribution in [0.4, 0.5) is 5.69 Å². The Morgan fingerprint density at radius 3 is 2.84 bits per heavy atom. The van der Waals surface area contributed by atoms with Gasteiger partial charge >= 0.3 is 0 Å². The third kappa shape index (κ3) is 3.32. The van der Waals surface area contributed by atoms with Crippen molar-refractivity contribution >= 4 is 27.5 Å². The highest BCUT2D eigenvalue weighted by Gasteiger charge is 2.23. The molecular weight excluding hydrogens is 382 g/mol. The van der Waals surface area contributed by atoms with E-state index in [1.165, 1.54) is 10.4 Å². The van der Waals surface area contributed by atoms with Crippen LogP contribution in [0, 0.1) is 0 Å². The smallest absolute Gasteiger partial charge is 0.250 e. The number of benzene rings is 2. The number of carbonyl (C=O) groups is 1. The molecule has 1 amide bonds. The number of tetrazole rings is 1. The van der Waals surface area contributed by atoms with Gasteiger partial charge in [0.15, 0.2) is 0 Å². The number of carbonyl (C=O) groups excluding carboxylic acids is 1. The van der Waals surface area contributed by atoms with Crippen molar-refractivity contribution in [1.29, 1.82) is 0 Å². The third-order valence-corrected chi connectivity index (χ3v) is 4.72. The molecule has 0 fully saturated rings. The number of hydrogen-bond acceptors (Lipinski definition) is 4. The predicted octanol–water partition coefficient (Wildman–Crippen LogP) is 3.08. The fourth-order valence-corrected chi connectivity index (χ4v) is 3.45. The molecule has 126 valence electrons. The molecule has 1 aliphatic rings. The van der Waals surface area contributed by atoms with Crippen LogP contribution in [0.25, 0.3) is 11.4 Å². The SMILES string of the molecule is O=C(Cn1nnc(-c2ccccc2)n1)N1CCCc2cc(Br)ccc21. The minimum atomic E-state index is -0.0275. The highest BCUT2D eigenvalue weighted by Crippen LogP contribution is 2.29. The average Bonchev–Trinajstić information content (AvgIpc) is 3.10. The zero-order valence-electron chi connectivity index (χ0n) is 13.5. The number of aromatic nitrogens is 4. The summed E-state index contributed by atoms with van der Waals surface area (Å²) in [5.74, 6) is 0.497. The van der Waals surface area contributed by atoms with E-state index in [1.54, 1.807) is 0 Å². The molecule has 0 bridgehead atoms. The van der Waals surface area contributed by atoms with E-state index in [0.717, 1.165) is 28.6 Å². The van der Waals surface area contributed by atoms with Crippen molar-refractivity contribution < 1.29 is 4.79 Å². The van der Waals surface area contributed by atoms with Gasteiger partial charge in [0.1, 0.15) is 6.54 Å². The van der Waals surface area contributed by atoms with Gasteiger partial charge in [-0.25, -0.2) is 0 Å². The average molecular weight is 398 g/mol. The minimum absolute atomic E-state index is 0.0275. The van der Waals surface area contributed by atoms with Gasteiger partial charge in [-0.05, 0) is 41.8 Å². The fourth-order valence-electron chi connectivity index (χ4n) is 3.04. The summed E-state index contributed by atoms with van der Waals surface area (Å²) in [4.78, 5) is 15.9. The maximum absolute atomic E-state index is 12.7. The first-order valence-corrected chi connectivity index (χ1v) is 8.92. The maximum atomic E-state index is 12.7. The number of fused-ring (bicyclic) bond motifs is 1. The molecule has 6 nitrogen and oxygen atoms in total. The number of anilines is 1. The molecule has 25 heavy (non-hydrogen) atoms. The Morgan fingerprint density at radius 2 is 2.00 bits per heavy atom. The quantitative estimate of drug-likeness (QED) is 0.680. The molecule has 0 spiro atoms. The lowest BCUT2D eigenvalue weighted by Crippen LogP contribution is -2.38.